The molecule has 0 saturated heterocycles. The highest BCUT2D eigenvalue weighted by molar-refractivity contribution is 7.47. The number of nitrogens with zero attached hydrogens (tertiary/aromatic N) is 1. The molecule has 0 aliphatic heterocycles. The van der Waals surface area contributed by atoms with E-state index in [1.807, 2.05) is 51.5 Å². The van der Waals surface area contributed by atoms with Gasteiger partial charge in [0.05, 0.1) is 34.4 Å². The molecule has 0 amide bonds. The summed E-state index contributed by atoms with van der Waals surface area (Å²) in [6.45, 7) is 5.85. The zero-order chi connectivity index (χ0) is 39.9. The van der Waals surface area contributed by atoms with E-state index in [4.69, 9.17) is 18.5 Å². The van der Waals surface area contributed by atoms with Gasteiger partial charge in [-0.1, -0.05) is 191 Å². The number of quaternary nitrogens is 1. The minimum atomic E-state index is -4.30. The van der Waals surface area contributed by atoms with E-state index >= 15 is 0 Å². The number of allylic oxidation sites excluding steroid dienone is 9. The molecule has 0 aliphatic carbocycles. The molecule has 0 rings (SSSR count). The summed E-state index contributed by atoms with van der Waals surface area (Å²) in [7, 11) is 1.60. The lowest BCUT2D eigenvalue weighted by Crippen LogP contribution is -2.37. The van der Waals surface area contributed by atoms with E-state index in [0.29, 0.717) is 30.7 Å². The smallest absolute Gasteiger partial charge is 0.457 e. The Morgan fingerprint density at radius 2 is 1.06 bits per heavy atom. The molecular formula is C45H83NO7P+. The molecule has 0 aromatic heterocycles. The molecule has 2 atom stereocenters. The number of esters is 1. The first-order chi connectivity index (χ1) is 26.1. The summed E-state index contributed by atoms with van der Waals surface area (Å²) in [5, 5.41) is 0. The SMILES string of the molecule is CCCCCCCCC/C=C/C=C/C=C/C=C/C=C/C(=O)OC(CCOCCCCCCCCCCCCCCCC)COP(=O)(O)OCC[N+](C)(C)C. The molecular weight excluding hydrogens is 697 g/mol. The Kier molecular flexibility index (Phi) is 36.8. The predicted molar refractivity (Wildman–Crippen MR) is 229 cm³/mol. The van der Waals surface area contributed by atoms with Gasteiger partial charge in [-0.25, -0.2) is 9.36 Å². The van der Waals surface area contributed by atoms with Crippen molar-refractivity contribution in [2.75, 3.05) is 54.1 Å². The number of carbonyl (C=O) groups excluding carboxylic acids is 1. The lowest BCUT2D eigenvalue weighted by molar-refractivity contribution is -0.870. The van der Waals surface area contributed by atoms with Gasteiger partial charge in [0.25, 0.3) is 0 Å². The number of carbonyl (C=O) groups is 1. The van der Waals surface area contributed by atoms with Gasteiger partial charge in [0.15, 0.2) is 0 Å². The molecule has 314 valence electrons. The first kappa shape index (κ1) is 52.2. The van der Waals surface area contributed by atoms with Crippen molar-refractivity contribution in [3.63, 3.8) is 0 Å². The van der Waals surface area contributed by atoms with Gasteiger partial charge < -0.3 is 18.9 Å². The lowest BCUT2D eigenvalue weighted by Gasteiger charge is -2.24. The van der Waals surface area contributed by atoms with E-state index in [-0.39, 0.29) is 13.2 Å². The maximum absolute atomic E-state index is 12.6. The van der Waals surface area contributed by atoms with Crippen LogP contribution in [0.1, 0.15) is 162 Å². The highest BCUT2D eigenvalue weighted by Gasteiger charge is 2.25. The first-order valence-electron chi connectivity index (χ1n) is 21.6. The van der Waals surface area contributed by atoms with E-state index in [1.54, 1.807) is 12.2 Å². The minimum absolute atomic E-state index is 0.0688. The van der Waals surface area contributed by atoms with Crippen molar-refractivity contribution in [3.05, 3.63) is 60.8 Å². The summed E-state index contributed by atoms with van der Waals surface area (Å²) in [5.41, 5.74) is 0. The minimum Gasteiger partial charge on any atom is -0.457 e. The third-order valence-corrected chi connectivity index (χ3v) is 10.1. The fourth-order valence-corrected chi connectivity index (χ4v) is 6.39. The van der Waals surface area contributed by atoms with E-state index in [2.05, 4.69) is 26.0 Å². The Morgan fingerprint density at radius 1 is 0.593 bits per heavy atom. The molecule has 0 heterocycles. The van der Waals surface area contributed by atoms with Crippen molar-refractivity contribution in [1.29, 1.82) is 0 Å². The molecule has 54 heavy (non-hydrogen) atoms. The standard InChI is InChI=1S/C45H82NO7P/c1-6-8-10-12-14-16-18-20-22-23-24-25-27-29-31-33-35-37-45(47)53-44(43-52-54(48,49)51-42-39-46(3,4)5)38-41-50-40-36-34-32-30-28-26-21-19-17-15-13-11-9-7-2/h22-25,27,29,31,33,35,37,44H,6-21,26,28,30,32,34,36,38-43H2,1-5H3/p+1/b23-22+,25-24+,29-27+,33-31+,37-35+. The monoisotopic (exact) mass is 781 g/mol. The third-order valence-electron chi connectivity index (χ3n) is 9.07. The number of hydrogen-bond acceptors (Lipinski definition) is 6. The number of phosphoric acid groups is 1. The normalized spacial score (nSPS) is 14.4. The fourth-order valence-electron chi connectivity index (χ4n) is 5.65. The van der Waals surface area contributed by atoms with E-state index in [1.165, 1.54) is 128 Å². The number of phosphoric ester groups is 1. The Labute approximate surface area is 332 Å². The molecule has 0 fully saturated rings. The van der Waals surface area contributed by atoms with Gasteiger partial charge >= 0.3 is 13.8 Å². The molecule has 0 aromatic carbocycles. The number of ether oxygens (including phenoxy) is 2. The van der Waals surface area contributed by atoms with Gasteiger partial charge in [-0.2, -0.15) is 0 Å². The number of hydrogen-bond donors (Lipinski definition) is 1. The summed E-state index contributed by atoms with van der Waals surface area (Å²) in [5.74, 6) is -0.561. The van der Waals surface area contributed by atoms with Gasteiger partial charge in [-0.15, -0.1) is 0 Å². The average Bonchev–Trinajstić information content (AvgIpc) is 3.12. The van der Waals surface area contributed by atoms with Crippen LogP contribution in [0.3, 0.4) is 0 Å². The Balaban J connectivity index is 4.47. The van der Waals surface area contributed by atoms with Crippen LogP contribution >= 0.6 is 7.82 Å². The molecule has 2 unspecified atom stereocenters. The van der Waals surface area contributed by atoms with Crippen LogP contribution in [0.5, 0.6) is 0 Å². The molecule has 0 saturated carbocycles. The molecule has 0 aliphatic rings. The summed E-state index contributed by atoms with van der Waals surface area (Å²) < 4.78 is 34.8. The first-order valence-corrected chi connectivity index (χ1v) is 23.1. The van der Waals surface area contributed by atoms with Crippen LogP contribution in [0.2, 0.25) is 0 Å². The van der Waals surface area contributed by atoms with Crippen LogP contribution in [-0.4, -0.2) is 75.6 Å². The second-order valence-corrected chi connectivity index (χ2v) is 17.0. The second kappa shape index (κ2) is 38.1. The Hall–Kier alpha value is -1.80. The number of likely N-dealkylation sites (N-methyl/N-ethyl adjacent to an activating group) is 1. The summed E-state index contributed by atoms with van der Waals surface area (Å²) in [6.07, 6.45) is 46.9. The second-order valence-electron chi connectivity index (χ2n) is 15.5. The molecule has 0 radical (unpaired) electrons. The average molecular weight is 781 g/mol. The zero-order valence-corrected chi connectivity index (χ0v) is 36.3. The van der Waals surface area contributed by atoms with Crippen LogP contribution in [0.15, 0.2) is 60.8 Å². The van der Waals surface area contributed by atoms with Gasteiger partial charge in [0, 0.05) is 19.1 Å². The zero-order valence-electron chi connectivity index (χ0n) is 35.4. The molecule has 9 heteroatoms. The Bertz CT molecular complexity index is 1050. The topological polar surface area (TPSA) is 91.3 Å². The largest absolute Gasteiger partial charge is 0.472 e. The van der Waals surface area contributed by atoms with Gasteiger partial charge in [-0.3, -0.25) is 9.05 Å². The van der Waals surface area contributed by atoms with Crippen molar-refractivity contribution in [2.24, 2.45) is 0 Å². The van der Waals surface area contributed by atoms with Crippen molar-refractivity contribution in [3.8, 4) is 0 Å². The fraction of sp³-hybridized carbons (Fsp3) is 0.756. The van der Waals surface area contributed by atoms with Crippen molar-refractivity contribution >= 4 is 13.8 Å². The Morgan fingerprint density at radius 3 is 1.57 bits per heavy atom. The summed E-state index contributed by atoms with van der Waals surface area (Å²) in [6, 6.07) is 0. The van der Waals surface area contributed by atoms with Gasteiger partial charge in [0.2, 0.25) is 0 Å². The molecule has 8 nitrogen and oxygen atoms in total. The highest BCUT2D eigenvalue weighted by atomic mass is 31.2. The molecule has 0 spiro atoms. The van der Waals surface area contributed by atoms with Crippen molar-refractivity contribution in [2.45, 2.75) is 168 Å². The van der Waals surface area contributed by atoms with Crippen LogP contribution < -0.4 is 0 Å². The van der Waals surface area contributed by atoms with Crippen molar-refractivity contribution in [1.82, 2.24) is 0 Å². The van der Waals surface area contributed by atoms with E-state index < -0.39 is 19.9 Å². The maximum Gasteiger partial charge on any atom is 0.472 e. The van der Waals surface area contributed by atoms with Crippen molar-refractivity contribution < 1.29 is 37.3 Å². The van der Waals surface area contributed by atoms with E-state index in [9.17, 15) is 14.3 Å². The molecule has 0 bridgehead atoms. The lowest BCUT2D eigenvalue weighted by atomic mass is 10.0. The summed E-state index contributed by atoms with van der Waals surface area (Å²) in [4.78, 5) is 22.7. The predicted octanol–water partition coefficient (Wildman–Crippen LogP) is 12.5. The molecule has 0 aromatic rings. The van der Waals surface area contributed by atoms with Crippen LogP contribution in [0.4, 0.5) is 0 Å². The molecule has 1 N–H and O–H groups in total. The number of unbranched alkanes of at least 4 members (excludes halogenated alkanes) is 20. The summed E-state index contributed by atoms with van der Waals surface area (Å²) >= 11 is 0. The number of rotatable bonds is 39. The highest BCUT2D eigenvalue weighted by Crippen LogP contribution is 2.43. The third kappa shape index (κ3) is 41.4. The van der Waals surface area contributed by atoms with Gasteiger partial charge in [0.1, 0.15) is 19.3 Å². The van der Waals surface area contributed by atoms with Crippen LogP contribution in [-0.2, 0) is 27.9 Å². The quantitative estimate of drug-likeness (QED) is 0.0166. The maximum atomic E-state index is 12.6. The van der Waals surface area contributed by atoms with Crippen LogP contribution in [0, 0.1) is 0 Å². The van der Waals surface area contributed by atoms with Crippen LogP contribution in [0.25, 0.3) is 0 Å². The van der Waals surface area contributed by atoms with Gasteiger partial charge in [-0.05, 0) is 19.3 Å². The van der Waals surface area contributed by atoms with E-state index in [0.717, 1.165) is 19.3 Å².